The van der Waals surface area contributed by atoms with Crippen LogP contribution in [-0.2, 0) is 6.54 Å². The molecule has 1 heterocycles. The molecular weight excluding hydrogens is 224 g/mol. The molecule has 0 bridgehead atoms. The first-order valence-corrected chi connectivity index (χ1v) is 7.10. The fraction of sp³-hybridized carbons (Fsp3) is 0.667. The van der Waals surface area contributed by atoms with Gasteiger partial charge >= 0.3 is 0 Å². The molecule has 2 unspecified atom stereocenters. The molecule has 18 heavy (non-hydrogen) atoms. The average Bonchev–Trinajstić information content (AvgIpc) is 2.38. The molecule has 0 spiro atoms. The molecule has 100 valence electrons. The third-order valence-corrected chi connectivity index (χ3v) is 3.55. The highest BCUT2D eigenvalue weighted by Gasteiger charge is 2.20. The van der Waals surface area contributed by atoms with E-state index in [1.54, 1.807) is 0 Å². The van der Waals surface area contributed by atoms with Crippen LogP contribution in [0.2, 0.25) is 0 Å². The van der Waals surface area contributed by atoms with Crippen molar-refractivity contribution in [2.75, 3.05) is 6.54 Å². The molecule has 1 aromatic heterocycles. The number of hydrogen-bond acceptors (Lipinski definition) is 3. The molecule has 1 aromatic rings. The van der Waals surface area contributed by atoms with Crippen molar-refractivity contribution in [2.45, 2.75) is 52.2 Å². The standard InChI is InChI=1S/C15H24N2O/c1-3-16-10-13-7-8-15(17-11-13)18-14-6-4-5-12(2)9-14/h7-8,11-12,14,16H,3-6,9-10H2,1-2H3. The molecule has 0 aliphatic heterocycles. The molecule has 0 amide bonds. The van der Waals surface area contributed by atoms with E-state index in [1.807, 2.05) is 12.3 Å². The van der Waals surface area contributed by atoms with E-state index in [-0.39, 0.29) is 0 Å². The predicted molar refractivity (Wildman–Crippen MR) is 73.7 cm³/mol. The quantitative estimate of drug-likeness (QED) is 0.869. The summed E-state index contributed by atoms with van der Waals surface area (Å²) in [5.74, 6) is 1.56. The lowest BCUT2D eigenvalue weighted by Gasteiger charge is -2.26. The molecule has 1 fully saturated rings. The maximum Gasteiger partial charge on any atom is 0.213 e. The minimum absolute atomic E-state index is 0.362. The van der Waals surface area contributed by atoms with E-state index < -0.39 is 0 Å². The lowest BCUT2D eigenvalue weighted by atomic mass is 9.89. The van der Waals surface area contributed by atoms with Crippen LogP contribution in [0.15, 0.2) is 18.3 Å². The van der Waals surface area contributed by atoms with Gasteiger partial charge in [0.15, 0.2) is 0 Å². The maximum absolute atomic E-state index is 5.95. The van der Waals surface area contributed by atoms with Crippen LogP contribution in [-0.4, -0.2) is 17.6 Å². The monoisotopic (exact) mass is 248 g/mol. The molecule has 2 rings (SSSR count). The molecule has 0 radical (unpaired) electrons. The first-order valence-electron chi connectivity index (χ1n) is 7.10. The molecule has 1 aliphatic carbocycles. The Bertz CT molecular complexity index is 350. The van der Waals surface area contributed by atoms with Crippen LogP contribution in [0.5, 0.6) is 5.88 Å². The number of aromatic nitrogens is 1. The Hall–Kier alpha value is -1.09. The van der Waals surface area contributed by atoms with E-state index in [1.165, 1.54) is 31.2 Å². The highest BCUT2D eigenvalue weighted by Crippen LogP contribution is 2.26. The van der Waals surface area contributed by atoms with Gasteiger partial charge in [-0.3, -0.25) is 0 Å². The third kappa shape index (κ3) is 3.98. The third-order valence-electron chi connectivity index (χ3n) is 3.55. The summed E-state index contributed by atoms with van der Waals surface area (Å²) in [5, 5.41) is 3.29. The molecule has 0 aromatic carbocycles. The van der Waals surface area contributed by atoms with Gasteiger partial charge in [0.1, 0.15) is 6.10 Å². The van der Waals surface area contributed by atoms with Gasteiger partial charge in [0.25, 0.3) is 0 Å². The number of hydrogen-bond donors (Lipinski definition) is 1. The van der Waals surface area contributed by atoms with Crippen LogP contribution in [0, 0.1) is 5.92 Å². The zero-order valence-corrected chi connectivity index (χ0v) is 11.5. The maximum atomic E-state index is 5.95. The van der Waals surface area contributed by atoms with Crippen LogP contribution >= 0.6 is 0 Å². The minimum Gasteiger partial charge on any atom is -0.474 e. The van der Waals surface area contributed by atoms with E-state index in [0.717, 1.165) is 24.9 Å². The largest absolute Gasteiger partial charge is 0.474 e. The van der Waals surface area contributed by atoms with Crippen molar-refractivity contribution < 1.29 is 4.74 Å². The smallest absolute Gasteiger partial charge is 0.213 e. The van der Waals surface area contributed by atoms with Gasteiger partial charge in [0.2, 0.25) is 5.88 Å². The Labute approximate surface area is 110 Å². The summed E-state index contributed by atoms with van der Waals surface area (Å²) in [5.41, 5.74) is 1.21. The van der Waals surface area contributed by atoms with Gasteiger partial charge in [-0.05, 0) is 37.3 Å². The van der Waals surface area contributed by atoms with Crippen molar-refractivity contribution in [3.8, 4) is 5.88 Å². The highest BCUT2D eigenvalue weighted by atomic mass is 16.5. The van der Waals surface area contributed by atoms with Gasteiger partial charge in [0.05, 0.1) is 0 Å². The number of rotatable bonds is 5. The van der Waals surface area contributed by atoms with Crippen molar-refractivity contribution in [3.63, 3.8) is 0 Å². The van der Waals surface area contributed by atoms with E-state index in [9.17, 15) is 0 Å². The van der Waals surface area contributed by atoms with Crippen LogP contribution in [0.25, 0.3) is 0 Å². The highest BCUT2D eigenvalue weighted by molar-refractivity contribution is 5.18. The first kappa shape index (κ1) is 13.3. The summed E-state index contributed by atoms with van der Waals surface area (Å²) in [6.45, 7) is 6.28. The van der Waals surface area contributed by atoms with E-state index in [4.69, 9.17) is 4.74 Å². The van der Waals surface area contributed by atoms with E-state index >= 15 is 0 Å². The Morgan fingerprint density at radius 2 is 2.28 bits per heavy atom. The summed E-state index contributed by atoms with van der Waals surface area (Å²) >= 11 is 0. The van der Waals surface area contributed by atoms with Crippen molar-refractivity contribution in [2.24, 2.45) is 5.92 Å². The fourth-order valence-corrected chi connectivity index (χ4v) is 2.51. The summed E-state index contributed by atoms with van der Waals surface area (Å²) < 4.78 is 5.95. The minimum atomic E-state index is 0.362. The van der Waals surface area contributed by atoms with Crippen LogP contribution < -0.4 is 10.1 Å². The van der Waals surface area contributed by atoms with Crippen molar-refractivity contribution >= 4 is 0 Å². The lowest BCUT2D eigenvalue weighted by Crippen LogP contribution is -2.24. The topological polar surface area (TPSA) is 34.1 Å². The number of nitrogens with one attached hydrogen (secondary N) is 1. The van der Waals surface area contributed by atoms with Gasteiger partial charge in [0, 0.05) is 18.8 Å². The van der Waals surface area contributed by atoms with E-state index in [0.29, 0.717) is 6.10 Å². The molecule has 0 saturated heterocycles. The van der Waals surface area contributed by atoms with Crippen LogP contribution in [0.1, 0.15) is 45.1 Å². The zero-order valence-electron chi connectivity index (χ0n) is 11.5. The molecular formula is C15H24N2O. The van der Waals surface area contributed by atoms with Gasteiger partial charge in [-0.1, -0.05) is 26.3 Å². The molecule has 1 N–H and O–H groups in total. The summed E-state index contributed by atoms with van der Waals surface area (Å²) in [7, 11) is 0. The zero-order chi connectivity index (χ0) is 12.8. The van der Waals surface area contributed by atoms with Gasteiger partial charge in [-0.2, -0.15) is 0 Å². The number of pyridine rings is 1. The molecule has 3 heteroatoms. The summed E-state index contributed by atoms with van der Waals surface area (Å²) in [6, 6.07) is 4.09. The van der Waals surface area contributed by atoms with Crippen LogP contribution in [0.4, 0.5) is 0 Å². The summed E-state index contributed by atoms with van der Waals surface area (Å²) in [4.78, 5) is 4.39. The Morgan fingerprint density at radius 1 is 1.39 bits per heavy atom. The molecule has 1 saturated carbocycles. The van der Waals surface area contributed by atoms with E-state index in [2.05, 4.69) is 30.2 Å². The molecule has 1 aliphatic rings. The molecule has 3 nitrogen and oxygen atoms in total. The lowest BCUT2D eigenvalue weighted by molar-refractivity contribution is 0.124. The van der Waals surface area contributed by atoms with Crippen molar-refractivity contribution in [3.05, 3.63) is 23.9 Å². The van der Waals surface area contributed by atoms with Crippen molar-refractivity contribution in [1.29, 1.82) is 0 Å². The second-order valence-electron chi connectivity index (χ2n) is 5.30. The Morgan fingerprint density at radius 3 is 2.94 bits per heavy atom. The second kappa shape index (κ2) is 6.74. The van der Waals surface area contributed by atoms with Crippen LogP contribution in [0.3, 0.4) is 0 Å². The Balaban J connectivity index is 1.85. The second-order valence-corrected chi connectivity index (χ2v) is 5.30. The number of nitrogens with zero attached hydrogens (tertiary/aromatic N) is 1. The van der Waals surface area contributed by atoms with Gasteiger partial charge < -0.3 is 10.1 Å². The Kier molecular flexibility index (Phi) is 5.00. The van der Waals surface area contributed by atoms with Crippen molar-refractivity contribution in [1.82, 2.24) is 10.3 Å². The summed E-state index contributed by atoms with van der Waals surface area (Å²) in [6.07, 6.45) is 7.23. The number of ether oxygens (including phenoxy) is 1. The predicted octanol–water partition coefficient (Wildman–Crippen LogP) is 3.15. The fourth-order valence-electron chi connectivity index (χ4n) is 2.51. The SMILES string of the molecule is CCNCc1ccc(OC2CCCC(C)C2)nc1. The molecule has 2 atom stereocenters. The first-order chi connectivity index (χ1) is 8.78. The average molecular weight is 248 g/mol. The van der Waals surface area contributed by atoms with Gasteiger partial charge in [-0.15, -0.1) is 0 Å². The normalized spacial score (nSPS) is 23.9. The van der Waals surface area contributed by atoms with Gasteiger partial charge in [-0.25, -0.2) is 4.98 Å².